The van der Waals surface area contributed by atoms with Crippen molar-refractivity contribution in [3.05, 3.63) is 30.5 Å². The molecular formula is C10H11ClN2O2S. The number of ether oxygens (including phenoxy) is 1. The zero-order valence-electron chi connectivity index (χ0n) is 8.59. The van der Waals surface area contributed by atoms with E-state index in [0.717, 1.165) is 0 Å². The summed E-state index contributed by atoms with van der Waals surface area (Å²) in [5.74, 6) is 0.508. The second-order valence-electron chi connectivity index (χ2n) is 2.72. The fraction of sp³-hybridized carbons (Fsp3) is 0.100. The first-order valence-corrected chi connectivity index (χ1v) is 6.33. The van der Waals surface area contributed by atoms with Crippen molar-refractivity contribution in [1.82, 2.24) is 0 Å². The number of methoxy groups -OCH3 is 1. The molecular weight excluding hydrogens is 248 g/mol. The van der Waals surface area contributed by atoms with Gasteiger partial charge in [-0.25, -0.2) is 0 Å². The van der Waals surface area contributed by atoms with Gasteiger partial charge < -0.3 is 15.0 Å². The van der Waals surface area contributed by atoms with Crippen molar-refractivity contribution in [3.8, 4) is 5.75 Å². The highest BCUT2D eigenvalue weighted by atomic mass is 35.7. The summed E-state index contributed by atoms with van der Waals surface area (Å²) >= 11 is 0. The highest BCUT2D eigenvalue weighted by molar-refractivity contribution is 8.13. The van der Waals surface area contributed by atoms with Crippen LogP contribution in [0.2, 0.25) is 0 Å². The highest BCUT2D eigenvalue weighted by Gasteiger charge is 2.11. The van der Waals surface area contributed by atoms with Crippen LogP contribution in [-0.4, -0.2) is 17.9 Å². The molecule has 1 unspecified atom stereocenters. The Morgan fingerprint density at radius 2 is 2.31 bits per heavy atom. The normalized spacial score (nSPS) is 13.4. The number of nitrogens with zero attached hydrogens (tertiary/aromatic N) is 1. The quantitative estimate of drug-likeness (QED) is 0.664. The molecule has 0 fully saturated rings. The number of hydrogen-bond acceptors (Lipinski definition) is 4. The van der Waals surface area contributed by atoms with Crippen molar-refractivity contribution >= 4 is 33.0 Å². The molecule has 86 valence electrons. The Hall–Kier alpha value is -1.17. The van der Waals surface area contributed by atoms with Crippen LogP contribution >= 0.6 is 10.7 Å². The largest absolute Gasteiger partial charge is 0.594 e. The molecule has 0 saturated heterocycles. The number of allylic oxidation sites excluding steroid dienone is 1. The smallest absolute Gasteiger partial charge is 0.181 e. The summed E-state index contributed by atoms with van der Waals surface area (Å²) in [5, 5.41) is 0. The molecule has 1 aromatic rings. The van der Waals surface area contributed by atoms with E-state index in [1.54, 1.807) is 24.3 Å². The standard InChI is InChI=1S/C10H11ClN2O2S/c1-15-10-7-8(16(11)14)3-4-9(10)13-6-2-5-12/h2-7H,12H2,1H3. The van der Waals surface area contributed by atoms with Crippen LogP contribution in [0.5, 0.6) is 5.75 Å². The second-order valence-corrected chi connectivity index (χ2v) is 4.48. The van der Waals surface area contributed by atoms with Gasteiger partial charge in [-0.05, 0) is 24.4 Å². The minimum Gasteiger partial charge on any atom is -0.594 e. The van der Waals surface area contributed by atoms with E-state index in [1.807, 2.05) is 0 Å². The molecule has 0 spiro atoms. The van der Waals surface area contributed by atoms with Crippen molar-refractivity contribution in [2.45, 2.75) is 4.90 Å². The maximum atomic E-state index is 11.0. The predicted molar refractivity (Wildman–Crippen MR) is 66.7 cm³/mol. The molecule has 0 bridgehead atoms. The van der Waals surface area contributed by atoms with Gasteiger partial charge in [0.05, 0.1) is 7.11 Å². The summed E-state index contributed by atoms with van der Waals surface area (Å²) in [6.45, 7) is 0. The van der Waals surface area contributed by atoms with E-state index in [1.165, 1.54) is 19.5 Å². The third-order valence-electron chi connectivity index (χ3n) is 1.75. The topological polar surface area (TPSA) is 70.7 Å². The summed E-state index contributed by atoms with van der Waals surface area (Å²) in [6, 6.07) is 4.89. The molecule has 0 aliphatic heterocycles. The van der Waals surface area contributed by atoms with Crippen molar-refractivity contribution in [1.29, 1.82) is 0 Å². The van der Waals surface area contributed by atoms with Gasteiger partial charge >= 0.3 is 0 Å². The molecule has 1 rings (SSSR count). The molecule has 2 N–H and O–H groups in total. The number of halogens is 1. The third-order valence-corrected chi connectivity index (χ3v) is 2.91. The first-order valence-electron chi connectivity index (χ1n) is 4.36. The van der Waals surface area contributed by atoms with Gasteiger partial charge in [-0.3, -0.25) is 4.99 Å². The Morgan fingerprint density at radius 1 is 1.56 bits per heavy atom. The maximum absolute atomic E-state index is 11.0. The average molecular weight is 259 g/mol. The number of nitrogens with two attached hydrogens (primary N) is 1. The summed E-state index contributed by atoms with van der Waals surface area (Å²) < 4.78 is 16.1. The van der Waals surface area contributed by atoms with Crippen molar-refractivity contribution < 1.29 is 9.29 Å². The molecule has 16 heavy (non-hydrogen) atoms. The van der Waals surface area contributed by atoms with Gasteiger partial charge in [0.25, 0.3) is 0 Å². The predicted octanol–water partition coefficient (Wildman–Crippen LogP) is 2.13. The number of hydrogen-bond donors (Lipinski definition) is 1. The minimum absolute atomic E-state index is 0.479. The molecule has 0 amide bonds. The number of aliphatic imine (C=N–C) groups is 1. The van der Waals surface area contributed by atoms with Gasteiger partial charge in [-0.15, -0.1) is 0 Å². The van der Waals surface area contributed by atoms with Crippen molar-refractivity contribution in [2.75, 3.05) is 7.11 Å². The first kappa shape index (κ1) is 12.9. The monoisotopic (exact) mass is 258 g/mol. The van der Waals surface area contributed by atoms with Gasteiger partial charge in [-0.2, -0.15) is 0 Å². The molecule has 0 heterocycles. The lowest BCUT2D eigenvalue weighted by Gasteiger charge is -2.05. The van der Waals surface area contributed by atoms with E-state index in [-0.39, 0.29) is 0 Å². The fourth-order valence-corrected chi connectivity index (χ4v) is 1.70. The van der Waals surface area contributed by atoms with Gasteiger partial charge in [0.2, 0.25) is 0 Å². The van der Waals surface area contributed by atoms with E-state index in [2.05, 4.69) is 4.99 Å². The van der Waals surface area contributed by atoms with Crippen molar-refractivity contribution in [3.63, 3.8) is 0 Å². The van der Waals surface area contributed by atoms with E-state index in [4.69, 9.17) is 21.2 Å². The van der Waals surface area contributed by atoms with Crippen LogP contribution in [0.1, 0.15) is 0 Å². The number of benzene rings is 1. The molecule has 0 radical (unpaired) electrons. The Bertz CT molecular complexity index is 408. The van der Waals surface area contributed by atoms with Gasteiger partial charge in [0.1, 0.15) is 21.8 Å². The summed E-state index contributed by atoms with van der Waals surface area (Å²) in [5.41, 5.74) is 5.78. The lowest BCUT2D eigenvalue weighted by Crippen LogP contribution is -1.92. The summed E-state index contributed by atoms with van der Waals surface area (Å²) in [4.78, 5) is 4.59. The molecule has 6 heteroatoms. The van der Waals surface area contributed by atoms with E-state index >= 15 is 0 Å². The average Bonchev–Trinajstić information content (AvgIpc) is 2.29. The summed E-state index contributed by atoms with van der Waals surface area (Å²) in [6.07, 6.45) is 4.50. The number of rotatable bonds is 4. The van der Waals surface area contributed by atoms with Crippen LogP contribution in [0.25, 0.3) is 0 Å². The van der Waals surface area contributed by atoms with Crippen LogP contribution in [0, 0.1) is 0 Å². The lowest BCUT2D eigenvalue weighted by molar-refractivity contribution is 0.415. The van der Waals surface area contributed by atoms with Crippen LogP contribution in [-0.2, 0) is 10.4 Å². The van der Waals surface area contributed by atoms with Crippen LogP contribution in [0.4, 0.5) is 5.69 Å². The molecule has 4 nitrogen and oxygen atoms in total. The van der Waals surface area contributed by atoms with E-state index in [0.29, 0.717) is 16.3 Å². The molecule has 0 saturated carbocycles. The first-order chi connectivity index (χ1) is 7.69. The van der Waals surface area contributed by atoms with Gasteiger partial charge in [0.15, 0.2) is 15.6 Å². The molecule has 0 aromatic heterocycles. The van der Waals surface area contributed by atoms with Gasteiger partial charge in [0, 0.05) is 12.3 Å². The Morgan fingerprint density at radius 3 is 2.88 bits per heavy atom. The van der Waals surface area contributed by atoms with Crippen LogP contribution in [0.15, 0.2) is 40.4 Å². The van der Waals surface area contributed by atoms with E-state index in [9.17, 15) is 4.55 Å². The fourth-order valence-electron chi connectivity index (χ4n) is 1.04. The molecule has 1 atom stereocenters. The third kappa shape index (κ3) is 3.44. The lowest BCUT2D eigenvalue weighted by atomic mass is 10.3. The Kier molecular flexibility index (Phi) is 5.18. The Labute approximate surface area is 101 Å². The highest BCUT2D eigenvalue weighted by Crippen LogP contribution is 2.30. The maximum Gasteiger partial charge on any atom is 0.181 e. The van der Waals surface area contributed by atoms with Crippen LogP contribution in [0.3, 0.4) is 0 Å². The zero-order chi connectivity index (χ0) is 12.0. The van der Waals surface area contributed by atoms with E-state index < -0.39 is 10.4 Å². The zero-order valence-corrected chi connectivity index (χ0v) is 10.2. The van der Waals surface area contributed by atoms with Gasteiger partial charge in [-0.1, -0.05) is 0 Å². The molecule has 0 aliphatic carbocycles. The Balaban J connectivity index is 3.02. The molecule has 1 aromatic carbocycles. The summed E-state index contributed by atoms with van der Waals surface area (Å²) in [7, 11) is 5.42. The van der Waals surface area contributed by atoms with Crippen molar-refractivity contribution in [2.24, 2.45) is 10.7 Å². The van der Waals surface area contributed by atoms with Crippen LogP contribution < -0.4 is 10.5 Å². The minimum atomic E-state index is -1.55. The second kappa shape index (κ2) is 6.42. The molecule has 0 aliphatic rings. The SMILES string of the molecule is COc1cc([S+]([O-])Cl)ccc1N=CC=CN.